The molecule has 1 fully saturated rings. The highest BCUT2D eigenvalue weighted by atomic mass is 79.9. The number of hydrogen-bond donors (Lipinski definition) is 1. The molecule has 4 aliphatic rings. The normalized spacial score (nSPS) is 23.9. The van der Waals surface area contributed by atoms with Crippen LogP contribution in [-0.4, -0.2) is 42.6 Å². The second-order valence-electron chi connectivity index (χ2n) is 12.5. The molecule has 0 aromatic heterocycles. The van der Waals surface area contributed by atoms with Crippen LogP contribution in [0.1, 0.15) is 29.9 Å². The molecule has 7 rings (SSSR count). The predicted molar refractivity (Wildman–Crippen MR) is 181 cm³/mol. The molecule has 2 amide bonds. The highest BCUT2D eigenvalue weighted by Crippen LogP contribution is 2.56. The van der Waals surface area contributed by atoms with Gasteiger partial charge in [-0.2, -0.15) is 10.2 Å². The quantitative estimate of drug-likeness (QED) is 0.131. The third kappa shape index (κ3) is 5.07. The van der Waals surface area contributed by atoms with Gasteiger partial charge in [-0.1, -0.05) is 29.8 Å². The lowest BCUT2D eigenvalue weighted by molar-refractivity contribution is -0.123. The third-order valence-corrected chi connectivity index (χ3v) is 10.3. The molecule has 10 heteroatoms. The highest BCUT2D eigenvalue weighted by molar-refractivity contribution is 9.12. The van der Waals surface area contributed by atoms with Crippen LogP contribution in [0.2, 0.25) is 0 Å². The first kappa shape index (κ1) is 30.7. The molecule has 0 radical (unpaired) electrons. The average Bonchev–Trinajstić information content (AvgIpc) is 3.32. The van der Waals surface area contributed by atoms with E-state index in [1.54, 1.807) is 49.4 Å². The molecule has 0 bridgehead atoms. The van der Waals surface area contributed by atoms with Crippen molar-refractivity contribution in [2.45, 2.75) is 25.7 Å². The summed E-state index contributed by atoms with van der Waals surface area (Å²) in [5.41, 5.74) is 5.32. The Morgan fingerprint density at radius 3 is 2.19 bits per heavy atom. The molecule has 0 spiro atoms. The number of aryl methyl sites for hydroxylation is 1. The molecule has 1 saturated heterocycles. The van der Waals surface area contributed by atoms with Gasteiger partial charge in [0.1, 0.15) is 5.75 Å². The molecule has 47 heavy (non-hydrogen) atoms. The number of rotatable bonds is 5. The first-order chi connectivity index (χ1) is 22.5. The van der Waals surface area contributed by atoms with Crippen molar-refractivity contribution < 1.29 is 24.3 Å². The van der Waals surface area contributed by atoms with E-state index in [4.69, 9.17) is 0 Å². The van der Waals surface area contributed by atoms with E-state index in [0.29, 0.717) is 45.8 Å². The minimum atomic E-state index is -0.719. The molecule has 3 aliphatic carbocycles. The van der Waals surface area contributed by atoms with E-state index in [1.807, 2.05) is 49.3 Å². The number of nitrogens with zero attached hydrogens (tertiary/aromatic N) is 4. The summed E-state index contributed by atoms with van der Waals surface area (Å²) in [4.78, 5) is 58.2. The van der Waals surface area contributed by atoms with E-state index in [1.165, 1.54) is 11.0 Å². The number of para-hydroxylation sites is 1. The minimum Gasteiger partial charge on any atom is -0.507 e. The molecule has 3 aromatic rings. The molecule has 9 nitrogen and oxygen atoms in total. The summed E-state index contributed by atoms with van der Waals surface area (Å²) in [5, 5.41) is 19.8. The largest absolute Gasteiger partial charge is 0.507 e. The molecule has 3 aromatic carbocycles. The van der Waals surface area contributed by atoms with Gasteiger partial charge >= 0.3 is 0 Å². The molecule has 1 N–H and O–H groups in total. The highest BCUT2D eigenvalue weighted by Gasteiger charge is 2.57. The van der Waals surface area contributed by atoms with Gasteiger partial charge in [0.05, 0.1) is 33.4 Å². The summed E-state index contributed by atoms with van der Waals surface area (Å²) < 4.78 is 0.159. The maximum Gasteiger partial charge on any atom is 0.238 e. The molecule has 0 saturated carbocycles. The molecular weight excluding hydrogens is 660 g/mol. The summed E-state index contributed by atoms with van der Waals surface area (Å²) in [6.07, 6.45) is 3.68. The smallest absolute Gasteiger partial charge is 0.238 e. The molecular formula is C37H31BrN4O5. The number of fused-ring (bicyclic) bond motifs is 3. The minimum absolute atomic E-state index is 0.0418. The Balaban J connectivity index is 1.20. The van der Waals surface area contributed by atoms with Gasteiger partial charge in [-0.05, 0) is 95.7 Å². The Kier molecular flexibility index (Phi) is 7.63. The van der Waals surface area contributed by atoms with Crippen LogP contribution in [0.5, 0.6) is 5.75 Å². The number of Topliss-reactive ketones (excluding diaryl/α,β-unsaturated/α-hetero) is 1. The Morgan fingerprint density at radius 1 is 0.872 bits per heavy atom. The van der Waals surface area contributed by atoms with Gasteiger partial charge in [0.25, 0.3) is 0 Å². The number of allylic oxidation sites excluding steroid dienone is 6. The fourth-order valence-electron chi connectivity index (χ4n) is 7.33. The number of anilines is 2. The van der Waals surface area contributed by atoms with Crippen molar-refractivity contribution >= 4 is 62.1 Å². The second-order valence-corrected chi connectivity index (χ2v) is 13.4. The topological polar surface area (TPSA) is 120 Å². The predicted octanol–water partition coefficient (Wildman–Crippen LogP) is 7.15. The summed E-state index contributed by atoms with van der Waals surface area (Å²) >= 11 is 3.25. The number of phenolic OH excluding ortho intramolecular Hbond substituents is 1. The number of carbonyl (C=O) groups excluding carboxylic acids is 4. The number of azo groups is 1. The van der Waals surface area contributed by atoms with Crippen LogP contribution in [0.15, 0.2) is 110 Å². The number of benzene rings is 3. The van der Waals surface area contributed by atoms with Crippen molar-refractivity contribution in [1.82, 2.24) is 0 Å². The third-order valence-electron chi connectivity index (χ3n) is 9.67. The Bertz CT molecular complexity index is 1990. The number of carbonyl (C=O) groups is 4. The number of hydrogen-bond acceptors (Lipinski definition) is 8. The monoisotopic (exact) mass is 690 g/mol. The Labute approximate surface area is 280 Å². The number of imide groups is 1. The average molecular weight is 692 g/mol. The van der Waals surface area contributed by atoms with Gasteiger partial charge in [0, 0.05) is 48.5 Å². The lowest BCUT2D eigenvalue weighted by Crippen LogP contribution is -2.39. The van der Waals surface area contributed by atoms with Gasteiger partial charge in [0.2, 0.25) is 11.8 Å². The lowest BCUT2D eigenvalue weighted by atomic mass is 9.59. The van der Waals surface area contributed by atoms with Crippen molar-refractivity contribution in [3.8, 4) is 5.75 Å². The van der Waals surface area contributed by atoms with E-state index in [2.05, 4.69) is 26.2 Å². The SMILES string of the molecule is Cc1cccc([C@H]2C3=CC[C@@H]4C(=O)N(c5ccc(N=Nc6ccc(N(C)C)cc6)cc5)C(=O)[C@@H]4[C@@H]3CC3=C2C(=O)C=C(Br)C3=O)c1O. The number of aromatic hydroxyl groups is 1. The first-order valence-corrected chi connectivity index (χ1v) is 16.2. The van der Waals surface area contributed by atoms with Gasteiger partial charge in [0.15, 0.2) is 11.6 Å². The summed E-state index contributed by atoms with van der Waals surface area (Å²) in [5.74, 6) is -3.76. The zero-order valence-corrected chi connectivity index (χ0v) is 27.6. The first-order valence-electron chi connectivity index (χ1n) is 15.4. The number of ketones is 2. The van der Waals surface area contributed by atoms with E-state index in [9.17, 15) is 24.3 Å². The van der Waals surface area contributed by atoms with Crippen molar-refractivity contribution in [1.29, 1.82) is 0 Å². The number of phenols is 1. The fraction of sp³-hybridized carbons (Fsp3) is 0.243. The summed E-state index contributed by atoms with van der Waals surface area (Å²) in [6.45, 7) is 1.77. The van der Waals surface area contributed by atoms with Crippen LogP contribution in [0.4, 0.5) is 22.7 Å². The van der Waals surface area contributed by atoms with Crippen LogP contribution in [0, 0.1) is 24.7 Å². The van der Waals surface area contributed by atoms with Crippen molar-refractivity contribution in [3.63, 3.8) is 0 Å². The molecule has 1 heterocycles. The van der Waals surface area contributed by atoms with E-state index < -0.39 is 23.7 Å². The zero-order chi connectivity index (χ0) is 33.1. The standard InChI is InChI=1S/C37H31BrN4O5/c1-19-5-4-6-25(34(19)44)31-24-15-16-26-32(27(24)17-28-33(31)30(43)18-29(38)35(28)45)37(47)42(36(26)46)23-13-9-21(10-14-23)40-39-20-7-11-22(12-8-20)41(2)3/h4-15,18,26-27,31-32,44H,16-17H2,1-3H3/t26-,27+,31+,32-/m0/s1. The van der Waals surface area contributed by atoms with Crippen molar-refractivity contribution in [2.75, 3.05) is 23.9 Å². The van der Waals surface area contributed by atoms with Crippen LogP contribution >= 0.6 is 15.9 Å². The number of halogens is 1. The molecule has 236 valence electrons. The van der Waals surface area contributed by atoms with Gasteiger partial charge in [-0.15, -0.1) is 0 Å². The molecule has 4 atom stereocenters. The lowest BCUT2D eigenvalue weighted by Gasteiger charge is -2.42. The Morgan fingerprint density at radius 2 is 1.53 bits per heavy atom. The molecule has 1 aliphatic heterocycles. The maximum atomic E-state index is 14.2. The summed E-state index contributed by atoms with van der Waals surface area (Å²) in [6, 6.07) is 19.8. The summed E-state index contributed by atoms with van der Waals surface area (Å²) in [7, 11) is 3.93. The van der Waals surface area contributed by atoms with Crippen molar-refractivity contribution in [2.24, 2.45) is 28.0 Å². The van der Waals surface area contributed by atoms with Crippen LogP contribution in [0.3, 0.4) is 0 Å². The van der Waals surface area contributed by atoms with Gasteiger partial charge in [-0.3, -0.25) is 24.1 Å². The zero-order valence-electron chi connectivity index (χ0n) is 26.0. The molecule has 0 unspecified atom stereocenters. The van der Waals surface area contributed by atoms with Crippen molar-refractivity contribution in [3.05, 3.63) is 111 Å². The fourth-order valence-corrected chi connectivity index (χ4v) is 7.78. The van der Waals surface area contributed by atoms with Crippen LogP contribution < -0.4 is 9.80 Å². The van der Waals surface area contributed by atoms with Gasteiger partial charge < -0.3 is 10.0 Å². The number of amides is 2. The Hall–Kier alpha value is -4.96. The maximum absolute atomic E-state index is 14.2. The van der Waals surface area contributed by atoms with Gasteiger partial charge in [-0.25, -0.2) is 0 Å². The van der Waals surface area contributed by atoms with Crippen LogP contribution in [-0.2, 0) is 19.2 Å². The van der Waals surface area contributed by atoms with E-state index in [-0.39, 0.29) is 40.0 Å². The van der Waals surface area contributed by atoms with Crippen LogP contribution in [0.25, 0.3) is 0 Å². The van der Waals surface area contributed by atoms with E-state index in [0.717, 1.165) is 11.3 Å². The van der Waals surface area contributed by atoms with E-state index >= 15 is 0 Å². The second kappa shape index (κ2) is 11.7.